The zero-order valence-electron chi connectivity index (χ0n) is 19.8. The molecule has 0 radical (unpaired) electrons. The van der Waals surface area contributed by atoms with Gasteiger partial charge in [0.2, 0.25) is 5.91 Å². The van der Waals surface area contributed by atoms with Crippen LogP contribution < -0.4 is 15.5 Å². The zero-order chi connectivity index (χ0) is 23.3. The second kappa shape index (κ2) is 10.7. The number of rotatable bonds is 5. The van der Waals surface area contributed by atoms with Crippen LogP contribution in [0.3, 0.4) is 0 Å². The minimum Gasteiger partial charge on any atom is -0.320 e. The van der Waals surface area contributed by atoms with Crippen LogP contribution in [-0.2, 0) is 4.79 Å². The van der Waals surface area contributed by atoms with E-state index in [1.54, 1.807) is 23.2 Å². The summed E-state index contributed by atoms with van der Waals surface area (Å²) < 4.78 is 0. The lowest BCUT2D eigenvalue weighted by Gasteiger charge is -2.32. The van der Waals surface area contributed by atoms with Gasteiger partial charge in [0.1, 0.15) is 0 Å². The fourth-order valence-corrected chi connectivity index (χ4v) is 5.68. The van der Waals surface area contributed by atoms with Crippen LogP contribution >= 0.6 is 0 Å². The fraction of sp³-hybridized carbons (Fsp3) is 0.519. The van der Waals surface area contributed by atoms with E-state index in [9.17, 15) is 9.59 Å². The molecule has 4 heterocycles. The first-order chi connectivity index (χ1) is 16.7. The second-order valence-electron chi connectivity index (χ2n) is 9.75. The number of pyridine rings is 1. The number of piperidine rings is 1. The molecule has 34 heavy (non-hydrogen) atoms. The number of nitrogens with one attached hydrogen (secondary N) is 2. The van der Waals surface area contributed by atoms with E-state index in [2.05, 4.69) is 20.5 Å². The number of aromatic nitrogens is 1. The topological polar surface area (TPSA) is 77.6 Å². The standard InChI is InChI=1S/C27H35N5O2/c33-26-21-12-8-16-29-25(21)32(23-14-3-2-13-22(23)30-26)27(34)24-20(10-4-5-15-28-24)11-9-19-31-17-6-1-7-18-31/h2-3,8,12-14,16,20,24,28H,1,4-7,9-11,15,17-19H2,(H,30,33). The van der Waals surface area contributed by atoms with E-state index >= 15 is 0 Å². The first-order valence-electron chi connectivity index (χ1n) is 12.9. The molecule has 0 aliphatic carbocycles. The third kappa shape index (κ3) is 4.86. The van der Waals surface area contributed by atoms with Gasteiger partial charge in [0.15, 0.2) is 5.82 Å². The summed E-state index contributed by atoms with van der Waals surface area (Å²) in [4.78, 5) is 35.9. The lowest BCUT2D eigenvalue weighted by Crippen LogP contribution is -2.49. The molecule has 2 fully saturated rings. The smallest absolute Gasteiger partial charge is 0.259 e. The first kappa shape index (κ1) is 23.0. The van der Waals surface area contributed by atoms with Crippen LogP contribution in [0.2, 0.25) is 0 Å². The van der Waals surface area contributed by atoms with E-state index in [1.807, 2.05) is 24.3 Å². The van der Waals surface area contributed by atoms with Crippen molar-refractivity contribution in [2.45, 2.75) is 57.4 Å². The maximum atomic E-state index is 14.2. The van der Waals surface area contributed by atoms with Crippen molar-refractivity contribution in [3.05, 3.63) is 48.2 Å². The molecule has 2 saturated heterocycles. The Bertz CT molecular complexity index is 1020. The van der Waals surface area contributed by atoms with Crippen molar-refractivity contribution in [2.75, 3.05) is 36.4 Å². The maximum absolute atomic E-state index is 14.2. The summed E-state index contributed by atoms with van der Waals surface area (Å²) in [6.45, 7) is 4.37. The summed E-state index contributed by atoms with van der Waals surface area (Å²) in [5.74, 6) is 0.422. The Morgan fingerprint density at radius 2 is 1.88 bits per heavy atom. The van der Waals surface area contributed by atoms with E-state index in [4.69, 9.17) is 0 Å². The van der Waals surface area contributed by atoms with Gasteiger partial charge >= 0.3 is 0 Å². The van der Waals surface area contributed by atoms with Crippen molar-refractivity contribution < 1.29 is 9.59 Å². The summed E-state index contributed by atoms with van der Waals surface area (Å²) in [5.41, 5.74) is 1.73. The van der Waals surface area contributed by atoms with Crippen molar-refractivity contribution in [1.82, 2.24) is 15.2 Å². The number of hydrogen-bond donors (Lipinski definition) is 2. The number of fused-ring (bicyclic) bond motifs is 2. The van der Waals surface area contributed by atoms with Gasteiger partial charge in [-0.1, -0.05) is 25.0 Å². The van der Waals surface area contributed by atoms with Crippen LogP contribution in [0, 0.1) is 5.92 Å². The lowest BCUT2D eigenvalue weighted by molar-refractivity contribution is -0.121. The number of carbonyl (C=O) groups excluding carboxylic acids is 2. The highest BCUT2D eigenvalue weighted by atomic mass is 16.2. The Balaban J connectivity index is 1.42. The third-order valence-corrected chi connectivity index (χ3v) is 7.46. The van der Waals surface area contributed by atoms with E-state index < -0.39 is 0 Å². The van der Waals surface area contributed by atoms with Crippen LogP contribution in [0.15, 0.2) is 42.6 Å². The molecule has 0 saturated carbocycles. The van der Waals surface area contributed by atoms with Crippen LogP contribution in [0.25, 0.3) is 0 Å². The zero-order valence-corrected chi connectivity index (χ0v) is 19.8. The van der Waals surface area contributed by atoms with Gasteiger partial charge < -0.3 is 15.5 Å². The van der Waals surface area contributed by atoms with Gasteiger partial charge in [0.05, 0.1) is 23.0 Å². The summed E-state index contributed by atoms with van der Waals surface area (Å²) >= 11 is 0. The van der Waals surface area contributed by atoms with E-state index in [1.165, 1.54) is 32.4 Å². The Kier molecular flexibility index (Phi) is 7.21. The average Bonchev–Trinajstić information content (AvgIpc) is 3.18. The number of carbonyl (C=O) groups is 2. The van der Waals surface area contributed by atoms with Gasteiger partial charge in [-0.15, -0.1) is 0 Å². The predicted octanol–water partition coefficient (Wildman–Crippen LogP) is 4.34. The number of nitrogens with zero attached hydrogens (tertiary/aromatic N) is 3. The highest BCUT2D eigenvalue weighted by Crippen LogP contribution is 2.38. The normalized spacial score (nSPS) is 23.3. The van der Waals surface area contributed by atoms with Crippen LogP contribution in [-0.4, -0.2) is 53.9 Å². The lowest BCUT2D eigenvalue weighted by atomic mass is 9.89. The quantitative estimate of drug-likeness (QED) is 0.693. The molecule has 7 heteroatoms. The monoisotopic (exact) mass is 461 g/mol. The maximum Gasteiger partial charge on any atom is 0.259 e. The third-order valence-electron chi connectivity index (χ3n) is 7.46. The minimum atomic E-state index is -0.292. The van der Waals surface area contributed by atoms with E-state index in [0.717, 1.165) is 45.2 Å². The molecule has 3 aliphatic rings. The van der Waals surface area contributed by atoms with Crippen molar-refractivity contribution in [1.29, 1.82) is 0 Å². The number of anilines is 3. The number of hydrogen-bond acceptors (Lipinski definition) is 5. The van der Waals surface area contributed by atoms with Crippen molar-refractivity contribution in [3.63, 3.8) is 0 Å². The molecule has 2 unspecified atom stereocenters. The van der Waals surface area contributed by atoms with Gasteiger partial charge in [0, 0.05) is 6.20 Å². The molecular formula is C27H35N5O2. The molecule has 1 aromatic heterocycles. The minimum absolute atomic E-state index is 0.0197. The largest absolute Gasteiger partial charge is 0.320 e. The number of para-hydroxylation sites is 2. The first-order valence-corrected chi connectivity index (χ1v) is 12.9. The number of likely N-dealkylation sites (tertiary alicyclic amines) is 1. The Hall–Kier alpha value is -2.77. The molecule has 2 atom stereocenters. The molecule has 2 aromatic rings. The molecular weight excluding hydrogens is 426 g/mol. The van der Waals surface area contributed by atoms with Crippen LogP contribution in [0.1, 0.15) is 61.7 Å². The molecule has 7 nitrogen and oxygen atoms in total. The number of benzene rings is 1. The van der Waals surface area contributed by atoms with Crippen molar-refractivity contribution in [3.8, 4) is 0 Å². The predicted molar refractivity (Wildman–Crippen MR) is 134 cm³/mol. The van der Waals surface area contributed by atoms with Crippen molar-refractivity contribution >= 4 is 29.0 Å². The SMILES string of the molecule is O=C1Nc2ccccc2N(C(=O)C2NCCCCC2CCCN2CCCCC2)c2ncccc21. The summed E-state index contributed by atoms with van der Waals surface area (Å²) in [6.07, 6.45) is 11.0. The highest BCUT2D eigenvalue weighted by Gasteiger charge is 2.37. The van der Waals surface area contributed by atoms with Crippen LogP contribution in [0.5, 0.6) is 0 Å². The van der Waals surface area contributed by atoms with Gasteiger partial charge in [-0.3, -0.25) is 14.5 Å². The number of amides is 2. The Labute approximate surface area is 201 Å². The molecule has 0 spiro atoms. The molecule has 180 valence electrons. The van der Waals surface area contributed by atoms with Crippen molar-refractivity contribution in [2.24, 2.45) is 5.92 Å². The molecule has 0 bridgehead atoms. The Morgan fingerprint density at radius 3 is 2.76 bits per heavy atom. The van der Waals surface area contributed by atoms with Gasteiger partial charge in [-0.2, -0.15) is 0 Å². The summed E-state index contributed by atoms with van der Waals surface area (Å²) in [5, 5.41) is 6.53. The van der Waals surface area contributed by atoms with E-state index in [-0.39, 0.29) is 23.8 Å². The Morgan fingerprint density at radius 1 is 1.03 bits per heavy atom. The second-order valence-corrected chi connectivity index (χ2v) is 9.75. The van der Waals surface area contributed by atoms with Crippen LogP contribution in [0.4, 0.5) is 17.2 Å². The average molecular weight is 462 g/mol. The fourth-order valence-electron chi connectivity index (χ4n) is 5.68. The van der Waals surface area contributed by atoms with Gasteiger partial charge in [-0.05, 0) is 94.9 Å². The summed E-state index contributed by atoms with van der Waals surface area (Å²) in [6, 6.07) is 10.7. The molecule has 2 amide bonds. The van der Waals surface area contributed by atoms with Gasteiger partial charge in [0.25, 0.3) is 5.91 Å². The summed E-state index contributed by atoms with van der Waals surface area (Å²) in [7, 11) is 0. The highest BCUT2D eigenvalue weighted by molar-refractivity contribution is 6.17. The van der Waals surface area contributed by atoms with E-state index in [0.29, 0.717) is 22.8 Å². The molecule has 2 N–H and O–H groups in total. The molecule has 1 aromatic carbocycles. The molecule has 5 rings (SSSR count). The van der Waals surface area contributed by atoms with Gasteiger partial charge in [-0.25, -0.2) is 4.98 Å². The molecule has 3 aliphatic heterocycles.